The molecule has 0 bridgehead atoms. The third-order valence-electron chi connectivity index (χ3n) is 3.41. The van der Waals surface area contributed by atoms with Crippen molar-refractivity contribution in [3.8, 4) is 0 Å². The van der Waals surface area contributed by atoms with Gasteiger partial charge in [-0.1, -0.05) is 30.4 Å². The molecular formula is C16H15N3O. The van der Waals surface area contributed by atoms with Crippen LogP contribution in [0.1, 0.15) is 12.0 Å². The summed E-state index contributed by atoms with van der Waals surface area (Å²) >= 11 is 0. The molecular weight excluding hydrogens is 250 g/mol. The first-order valence-corrected chi connectivity index (χ1v) is 6.56. The van der Waals surface area contributed by atoms with Crippen LogP contribution in [0.3, 0.4) is 0 Å². The molecule has 1 aromatic carbocycles. The molecule has 4 heteroatoms. The molecule has 0 unspecified atom stereocenters. The maximum Gasteiger partial charge on any atom is 0.277 e. The van der Waals surface area contributed by atoms with E-state index in [1.54, 1.807) is 24.4 Å². The van der Waals surface area contributed by atoms with Crippen molar-refractivity contribution in [2.24, 2.45) is 9.98 Å². The molecule has 0 fully saturated rings. The van der Waals surface area contributed by atoms with Gasteiger partial charge in [0.15, 0.2) is 0 Å². The zero-order valence-corrected chi connectivity index (χ0v) is 11.3. The SMILES string of the molecule is CN=C1C(=O)N(CC2=CCC=CN=C2)c2ccccc21. The number of aliphatic imine (C=N–C) groups is 2. The van der Waals surface area contributed by atoms with Crippen LogP contribution >= 0.6 is 0 Å². The summed E-state index contributed by atoms with van der Waals surface area (Å²) in [6, 6.07) is 7.76. The number of fused-ring (bicyclic) bond motifs is 1. The molecule has 0 aliphatic carbocycles. The van der Waals surface area contributed by atoms with Crippen molar-refractivity contribution < 1.29 is 4.79 Å². The number of hydrogen-bond donors (Lipinski definition) is 0. The summed E-state index contributed by atoms with van der Waals surface area (Å²) in [6.07, 6.45) is 8.50. The number of rotatable bonds is 2. The fraction of sp³-hybridized carbons (Fsp3) is 0.188. The number of amides is 1. The highest BCUT2D eigenvalue weighted by atomic mass is 16.2. The number of para-hydroxylation sites is 1. The van der Waals surface area contributed by atoms with Crippen LogP contribution in [0.2, 0.25) is 0 Å². The Morgan fingerprint density at radius 3 is 3.05 bits per heavy atom. The van der Waals surface area contributed by atoms with Crippen LogP contribution in [0.5, 0.6) is 0 Å². The summed E-state index contributed by atoms with van der Waals surface area (Å²) in [6.45, 7) is 0.528. The van der Waals surface area contributed by atoms with E-state index in [4.69, 9.17) is 0 Å². The molecule has 2 aliphatic rings. The number of anilines is 1. The summed E-state index contributed by atoms with van der Waals surface area (Å²) in [5, 5.41) is 0. The van der Waals surface area contributed by atoms with Crippen molar-refractivity contribution in [1.29, 1.82) is 0 Å². The fourth-order valence-corrected chi connectivity index (χ4v) is 2.46. The van der Waals surface area contributed by atoms with Gasteiger partial charge < -0.3 is 4.90 Å². The molecule has 0 spiro atoms. The molecule has 1 aromatic rings. The van der Waals surface area contributed by atoms with Gasteiger partial charge in [-0.2, -0.15) is 0 Å². The molecule has 1 amide bonds. The van der Waals surface area contributed by atoms with E-state index in [0.29, 0.717) is 12.3 Å². The molecule has 2 aliphatic heterocycles. The Labute approximate surface area is 117 Å². The highest BCUT2D eigenvalue weighted by Gasteiger charge is 2.33. The zero-order valence-electron chi connectivity index (χ0n) is 11.3. The Bertz CT molecular complexity index is 668. The second-order valence-electron chi connectivity index (χ2n) is 4.66. The standard InChI is InChI=1S/C16H15N3O/c1-17-15-13-7-2-3-8-14(13)19(16(15)20)11-12-6-4-5-9-18-10-12/h2-3,5-10H,4,11H2,1H3. The van der Waals surface area contributed by atoms with Gasteiger partial charge in [-0.15, -0.1) is 0 Å². The van der Waals surface area contributed by atoms with Gasteiger partial charge in [0.25, 0.3) is 5.91 Å². The second kappa shape index (κ2) is 5.25. The minimum absolute atomic E-state index is 0.0415. The van der Waals surface area contributed by atoms with E-state index in [9.17, 15) is 4.79 Å². The molecule has 20 heavy (non-hydrogen) atoms. The Hall–Kier alpha value is -2.49. The Morgan fingerprint density at radius 1 is 1.35 bits per heavy atom. The van der Waals surface area contributed by atoms with Gasteiger partial charge in [-0.25, -0.2) is 0 Å². The lowest BCUT2D eigenvalue weighted by Gasteiger charge is -2.17. The lowest BCUT2D eigenvalue weighted by atomic mass is 10.1. The molecule has 0 aromatic heterocycles. The molecule has 100 valence electrons. The number of hydrogen-bond acceptors (Lipinski definition) is 3. The quantitative estimate of drug-likeness (QED) is 0.809. The van der Waals surface area contributed by atoms with Gasteiger partial charge in [-0.05, 0) is 18.1 Å². The Kier molecular flexibility index (Phi) is 3.29. The largest absolute Gasteiger partial charge is 0.302 e. The molecule has 4 nitrogen and oxygen atoms in total. The van der Waals surface area contributed by atoms with E-state index in [2.05, 4.69) is 16.1 Å². The van der Waals surface area contributed by atoms with Crippen LogP contribution in [-0.2, 0) is 4.79 Å². The van der Waals surface area contributed by atoms with Gasteiger partial charge in [-0.3, -0.25) is 14.8 Å². The predicted octanol–water partition coefficient (Wildman–Crippen LogP) is 2.37. The minimum atomic E-state index is -0.0415. The van der Waals surface area contributed by atoms with Crippen molar-refractivity contribution >= 4 is 23.5 Å². The highest BCUT2D eigenvalue weighted by molar-refractivity contribution is 6.54. The van der Waals surface area contributed by atoms with E-state index in [0.717, 1.165) is 23.2 Å². The van der Waals surface area contributed by atoms with Crippen molar-refractivity contribution in [1.82, 2.24) is 0 Å². The normalized spacial score (nSPS) is 19.2. The average molecular weight is 265 g/mol. The molecule has 3 rings (SSSR count). The van der Waals surface area contributed by atoms with Gasteiger partial charge in [0.1, 0.15) is 5.71 Å². The number of carbonyl (C=O) groups is 1. The topological polar surface area (TPSA) is 45.0 Å². The summed E-state index contributed by atoms with van der Waals surface area (Å²) in [5.41, 5.74) is 3.40. The van der Waals surface area contributed by atoms with E-state index in [-0.39, 0.29) is 5.91 Å². The molecule has 0 saturated carbocycles. The monoisotopic (exact) mass is 265 g/mol. The molecule has 0 N–H and O–H groups in total. The van der Waals surface area contributed by atoms with Crippen LogP contribution in [0.4, 0.5) is 5.69 Å². The first kappa shape index (κ1) is 12.5. The van der Waals surface area contributed by atoms with Gasteiger partial charge in [0, 0.05) is 25.0 Å². The number of allylic oxidation sites excluding steroid dienone is 2. The van der Waals surface area contributed by atoms with E-state index in [1.165, 1.54) is 0 Å². The van der Waals surface area contributed by atoms with Crippen molar-refractivity contribution in [3.63, 3.8) is 0 Å². The number of benzene rings is 1. The van der Waals surface area contributed by atoms with Crippen molar-refractivity contribution in [2.75, 3.05) is 18.5 Å². The summed E-state index contributed by atoms with van der Waals surface area (Å²) in [7, 11) is 1.66. The molecule has 0 atom stereocenters. The Balaban J connectivity index is 1.95. The lowest BCUT2D eigenvalue weighted by molar-refractivity contribution is -0.112. The summed E-state index contributed by atoms with van der Waals surface area (Å²) < 4.78 is 0. The summed E-state index contributed by atoms with van der Waals surface area (Å²) in [4.78, 5) is 22.5. The summed E-state index contributed by atoms with van der Waals surface area (Å²) in [5.74, 6) is -0.0415. The first-order valence-electron chi connectivity index (χ1n) is 6.56. The maximum absolute atomic E-state index is 12.5. The molecule has 0 saturated heterocycles. The third-order valence-corrected chi connectivity index (χ3v) is 3.41. The minimum Gasteiger partial charge on any atom is -0.302 e. The van der Waals surface area contributed by atoms with Gasteiger partial charge >= 0.3 is 0 Å². The Morgan fingerprint density at radius 2 is 2.20 bits per heavy atom. The van der Waals surface area contributed by atoms with Crippen molar-refractivity contribution in [3.05, 3.63) is 53.8 Å². The number of nitrogens with zero attached hydrogens (tertiary/aromatic N) is 3. The van der Waals surface area contributed by atoms with Crippen molar-refractivity contribution in [2.45, 2.75) is 6.42 Å². The predicted molar refractivity (Wildman–Crippen MR) is 81.6 cm³/mol. The molecule has 2 heterocycles. The van der Waals surface area contributed by atoms with Crippen LogP contribution in [0.25, 0.3) is 0 Å². The fourth-order valence-electron chi connectivity index (χ4n) is 2.46. The smallest absolute Gasteiger partial charge is 0.277 e. The van der Waals surface area contributed by atoms with Crippen LogP contribution in [-0.4, -0.2) is 31.4 Å². The van der Waals surface area contributed by atoms with Crippen LogP contribution < -0.4 is 4.90 Å². The molecule has 0 radical (unpaired) electrons. The van der Waals surface area contributed by atoms with E-state index >= 15 is 0 Å². The first-order chi connectivity index (χ1) is 9.81. The van der Waals surface area contributed by atoms with Crippen LogP contribution in [0.15, 0.2) is 58.2 Å². The average Bonchev–Trinajstić information content (AvgIpc) is 2.64. The number of carbonyl (C=O) groups excluding carboxylic acids is 1. The zero-order chi connectivity index (χ0) is 13.9. The van der Waals surface area contributed by atoms with Gasteiger partial charge in [0.2, 0.25) is 0 Å². The van der Waals surface area contributed by atoms with Crippen LogP contribution in [0, 0.1) is 0 Å². The maximum atomic E-state index is 12.5. The third kappa shape index (κ3) is 2.09. The van der Waals surface area contributed by atoms with E-state index in [1.807, 2.05) is 30.3 Å². The highest BCUT2D eigenvalue weighted by Crippen LogP contribution is 2.29. The second-order valence-corrected chi connectivity index (χ2v) is 4.66. The lowest BCUT2D eigenvalue weighted by Crippen LogP contribution is -2.32. The van der Waals surface area contributed by atoms with E-state index < -0.39 is 0 Å². The van der Waals surface area contributed by atoms with Gasteiger partial charge in [0.05, 0.1) is 12.2 Å².